The van der Waals surface area contributed by atoms with Gasteiger partial charge in [0.05, 0.1) is 12.2 Å². The minimum absolute atomic E-state index is 0.178. The molecule has 1 saturated heterocycles. The van der Waals surface area contributed by atoms with Crippen molar-refractivity contribution >= 4 is 29.0 Å². The Morgan fingerprint density at radius 1 is 0.895 bits per heavy atom. The van der Waals surface area contributed by atoms with Gasteiger partial charge in [-0.3, -0.25) is 4.79 Å². The van der Waals surface area contributed by atoms with Crippen molar-refractivity contribution < 1.29 is 14.3 Å². The fourth-order valence-electron chi connectivity index (χ4n) is 4.88. The van der Waals surface area contributed by atoms with Gasteiger partial charge in [-0.15, -0.1) is 0 Å². The zero-order valence-electron chi connectivity index (χ0n) is 22.3. The standard InChI is InChI=1S/C31H38N4O3/c1-3-23-9-11-26(12-10-23)33-31(37)34-27-13-14-29(28(22-27)30(36)32-17-20-38-2)35-18-15-25(16-19-35)21-24-7-5-4-6-8-24/h4-14,22,25H,3,15-21H2,1-2H3,(H,32,36)(H2,33,34,37). The highest BCUT2D eigenvalue weighted by Crippen LogP contribution is 2.30. The molecule has 1 aliphatic heterocycles. The maximum atomic E-state index is 13.2. The third kappa shape index (κ3) is 7.59. The number of hydrogen-bond donors (Lipinski definition) is 3. The van der Waals surface area contributed by atoms with Crippen LogP contribution in [0.15, 0.2) is 72.8 Å². The Bertz CT molecular complexity index is 1190. The first-order valence-corrected chi connectivity index (χ1v) is 13.4. The molecule has 3 aromatic rings. The van der Waals surface area contributed by atoms with E-state index in [4.69, 9.17) is 4.74 Å². The van der Waals surface area contributed by atoms with Gasteiger partial charge in [-0.25, -0.2) is 4.79 Å². The van der Waals surface area contributed by atoms with Gasteiger partial charge in [0.1, 0.15) is 0 Å². The third-order valence-electron chi connectivity index (χ3n) is 7.03. The van der Waals surface area contributed by atoms with E-state index in [1.54, 1.807) is 13.2 Å². The Morgan fingerprint density at radius 2 is 1.58 bits per heavy atom. The van der Waals surface area contributed by atoms with Crippen LogP contribution >= 0.6 is 0 Å². The maximum absolute atomic E-state index is 13.2. The molecule has 1 fully saturated rings. The van der Waals surface area contributed by atoms with E-state index in [-0.39, 0.29) is 11.9 Å². The van der Waals surface area contributed by atoms with Crippen molar-refractivity contribution in [2.24, 2.45) is 5.92 Å². The van der Waals surface area contributed by atoms with E-state index in [9.17, 15) is 9.59 Å². The molecule has 0 radical (unpaired) electrons. The number of carbonyl (C=O) groups excluding carboxylic acids is 2. The number of ether oxygens (including phenoxy) is 1. The quantitative estimate of drug-likeness (QED) is 0.302. The first-order valence-electron chi connectivity index (χ1n) is 13.4. The Kier molecular flexibility index (Phi) is 9.76. The van der Waals surface area contributed by atoms with Crippen LogP contribution in [0.5, 0.6) is 0 Å². The molecule has 38 heavy (non-hydrogen) atoms. The van der Waals surface area contributed by atoms with Gasteiger partial charge in [0, 0.05) is 43.8 Å². The van der Waals surface area contributed by atoms with Gasteiger partial charge in [-0.05, 0) is 73.1 Å². The minimum atomic E-state index is -0.352. The maximum Gasteiger partial charge on any atom is 0.323 e. The van der Waals surface area contributed by atoms with E-state index in [0.29, 0.717) is 36.0 Å². The number of methoxy groups -OCH3 is 1. The number of anilines is 3. The summed E-state index contributed by atoms with van der Waals surface area (Å²) in [4.78, 5) is 28.1. The summed E-state index contributed by atoms with van der Waals surface area (Å²) >= 11 is 0. The lowest BCUT2D eigenvalue weighted by Gasteiger charge is -2.35. The molecule has 7 heteroatoms. The molecular formula is C31H38N4O3. The van der Waals surface area contributed by atoms with Crippen molar-refractivity contribution in [3.05, 3.63) is 89.5 Å². The second kappa shape index (κ2) is 13.6. The van der Waals surface area contributed by atoms with E-state index >= 15 is 0 Å². The molecule has 3 amide bonds. The molecule has 0 saturated carbocycles. The monoisotopic (exact) mass is 514 g/mol. The van der Waals surface area contributed by atoms with Crippen LogP contribution in [0.4, 0.5) is 21.9 Å². The lowest BCUT2D eigenvalue weighted by molar-refractivity contribution is 0.0937. The van der Waals surface area contributed by atoms with Gasteiger partial charge in [-0.2, -0.15) is 0 Å². The average Bonchev–Trinajstić information content (AvgIpc) is 2.94. The van der Waals surface area contributed by atoms with Gasteiger partial charge in [0.2, 0.25) is 0 Å². The molecule has 7 nitrogen and oxygen atoms in total. The summed E-state index contributed by atoms with van der Waals surface area (Å²) in [6.45, 7) is 4.71. The van der Waals surface area contributed by atoms with Crippen LogP contribution in [0.3, 0.4) is 0 Å². The largest absolute Gasteiger partial charge is 0.383 e. The van der Waals surface area contributed by atoms with Crippen molar-refractivity contribution in [2.45, 2.75) is 32.6 Å². The lowest BCUT2D eigenvalue weighted by atomic mass is 9.89. The predicted octanol–water partition coefficient (Wildman–Crippen LogP) is 5.73. The van der Waals surface area contributed by atoms with Crippen LogP contribution < -0.4 is 20.9 Å². The fraction of sp³-hybridized carbons (Fsp3) is 0.355. The van der Waals surface area contributed by atoms with E-state index in [1.165, 1.54) is 11.1 Å². The van der Waals surface area contributed by atoms with Crippen LogP contribution in [-0.2, 0) is 17.6 Å². The number of nitrogens with zero attached hydrogens (tertiary/aromatic N) is 1. The number of aryl methyl sites for hydroxylation is 1. The molecule has 0 aliphatic carbocycles. The fourth-order valence-corrected chi connectivity index (χ4v) is 4.88. The van der Waals surface area contributed by atoms with Crippen LogP contribution in [0.1, 0.15) is 41.3 Å². The van der Waals surface area contributed by atoms with Gasteiger partial charge in [0.25, 0.3) is 5.91 Å². The lowest BCUT2D eigenvalue weighted by Crippen LogP contribution is -2.36. The van der Waals surface area contributed by atoms with E-state index in [1.807, 2.05) is 36.4 Å². The van der Waals surface area contributed by atoms with Crippen LogP contribution in [0, 0.1) is 5.92 Å². The van der Waals surface area contributed by atoms with E-state index in [0.717, 1.165) is 44.5 Å². The highest BCUT2D eigenvalue weighted by atomic mass is 16.5. The van der Waals surface area contributed by atoms with Crippen molar-refractivity contribution in [1.82, 2.24) is 5.32 Å². The minimum Gasteiger partial charge on any atom is -0.383 e. The smallest absolute Gasteiger partial charge is 0.323 e. The topological polar surface area (TPSA) is 82.7 Å². The van der Waals surface area contributed by atoms with Gasteiger partial charge >= 0.3 is 6.03 Å². The average molecular weight is 515 g/mol. The number of amides is 3. The van der Waals surface area contributed by atoms with Crippen molar-refractivity contribution in [3.8, 4) is 0 Å². The first kappa shape index (κ1) is 27.2. The van der Waals surface area contributed by atoms with Crippen LogP contribution in [0.25, 0.3) is 0 Å². The zero-order chi connectivity index (χ0) is 26.7. The van der Waals surface area contributed by atoms with Gasteiger partial charge in [-0.1, -0.05) is 49.4 Å². The van der Waals surface area contributed by atoms with Crippen LogP contribution in [0.2, 0.25) is 0 Å². The zero-order valence-corrected chi connectivity index (χ0v) is 22.3. The molecule has 200 valence electrons. The SMILES string of the molecule is CCc1ccc(NC(=O)Nc2ccc(N3CCC(Cc4ccccc4)CC3)c(C(=O)NCCOC)c2)cc1. The molecule has 4 rings (SSSR count). The number of benzene rings is 3. The first-order chi connectivity index (χ1) is 18.6. The molecular weight excluding hydrogens is 476 g/mol. The van der Waals surface area contributed by atoms with Crippen LogP contribution in [-0.4, -0.2) is 45.3 Å². The molecule has 0 unspecified atom stereocenters. The number of piperidine rings is 1. The summed E-state index contributed by atoms with van der Waals surface area (Å²) in [5, 5.41) is 8.66. The summed E-state index contributed by atoms with van der Waals surface area (Å²) in [6, 6.07) is 23.6. The molecule has 3 aromatic carbocycles. The molecule has 0 atom stereocenters. The van der Waals surface area contributed by atoms with E-state index in [2.05, 4.69) is 58.1 Å². The number of rotatable bonds is 10. The van der Waals surface area contributed by atoms with E-state index < -0.39 is 0 Å². The summed E-state index contributed by atoms with van der Waals surface area (Å²) in [7, 11) is 1.61. The Hall–Kier alpha value is -3.84. The second-order valence-corrected chi connectivity index (χ2v) is 9.73. The Balaban J connectivity index is 1.44. The molecule has 3 N–H and O–H groups in total. The predicted molar refractivity (Wildman–Crippen MR) is 154 cm³/mol. The Labute approximate surface area is 225 Å². The summed E-state index contributed by atoms with van der Waals surface area (Å²) in [5.41, 5.74) is 5.30. The van der Waals surface area contributed by atoms with Gasteiger partial charge in [0.15, 0.2) is 0 Å². The molecule has 0 bridgehead atoms. The normalized spacial score (nSPS) is 13.7. The number of hydrogen-bond acceptors (Lipinski definition) is 4. The van der Waals surface area contributed by atoms with Gasteiger partial charge < -0.3 is 25.6 Å². The number of carbonyl (C=O) groups is 2. The second-order valence-electron chi connectivity index (χ2n) is 9.73. The summed E-state index contributed by atoms with van der Waals surface area (Å²) < 4.78 is 5.09. The molecule has 1 aliphatic rings. The number of urea groups is 1. The number of nitrogens with one attached hydrogen (secondary N) is 3. The third-order valence-corrected chi connectivity index (χ3v) is 7.03. The Morgan fingerprint density at radius 3 is 2.26 bits per heavy atom. The molecule has 0 spiro atoms. The highest BCUT2D eigenvalue weighted by molar-refractivity contribution is 6.04. The summed E-state index contributed by atoms with van der Waals surface area (Å²) in [6.07, 6.45) is 4.16. The molecule has 1 heterocycles. The highest BCUT2D eigenvalue weighted by Gasteiger charge is 2.24. The van der Waals surface area contributed by atoms with Crippen molar-refractivity contribution in [3.63, 3.8) is 0 Å². The molecule has 0 aromatic heterocycles. The van der Waals surface area contributed by atoms with Crippen molar-refractivity contribution in [2.75, 3.05) is 48.9 Å². The van der Waals surface area contributed by atoms with Crippen molar-refractivity contribution in [1.29, 1.82) is 0 Å². The summed E-state index contributed by atoms with van der Waals surface area (Å²) in [5.74, 6) is 0.450.